The van der Waals surface area contributed by atoms with E-state index in [0.717, 1.165) is 22.0 Å². The highest BCUT2D eigenvalue weighted by atomic mass is 35.5. The van der Waals surface area contributed by atoms with Crippen molar-refractivity contribution in [2.24, 2.45) is 0 Å². The molecule has 0 spiro atoms. The molecule has 2 aromatic heterocycles. The summed E-state index contributed by atoms with van der Waals surface area (Å²) in [5.41, 5.74) is 3.85. The van der Waals surface area contributed by atoms with Crippen molar-refractivity contribution in [2.45, 2.75) is 13.8 Å². The van der Waals surface area contributed by atoms with Crippen LogP contribution in [-0.4, -0.2) is 19.9 Å². The smallest absolute Gasteiger partial charge is 0.258 e. The zero-order chi connectivity index (χ0) is 17.1. The molecule has 0 saturated carbocycles. The maximum atomic E-state index is 11.2. The molecule has 0 amide bonds. The van der Waals surface area contributed by atoms with Gasteiger partial charge >= 0.3 is 0 Å². The van der Waals surface area contributed by atoms with Crippen LogP contribution >= 0.6 is 11.6 Å². The molecule has 4 aromatic rings. The summed E-state index contributed by atoms with van der Waals surface area (Å²) in [6.07, 6.45) is 2.90. The second kappa shape index (κ2) is 6.76. The van der Waals surface area contributed by atoms with Gasteiger partial charge in [0.2, 0.25) is 0 Å². The van der Waals surface area contributed by atoms with Crippen LogP contribution in [-0.2, 0) is 0 Å². The van der Waals surface area contributed by atoms with Crippen molar-refractivity contribution in [1.29, 1.82) is 0 Å². The first-order valence-electron chi connectivity index (χ1n) is 7.35. The lowest BCUT2D eigenvalue weighted by Gasteiger charge is -1.98. The number of benzene rings is 2. The lowest BCUT2D eigenvalue weighted by Crippen LogP contribution is -2.05. The molecule has 0 aliphatic carbocycles. The highest BCUT2D eigenvalue weighted by Crippen LogP contribution is 2.19. The monoisotopic (exact) mass is 338 g/mol. The van der Waals surface area contributed by atoms with Gasteiger partial charge < -0.3 is 4.98 Å². The second-order valence-corrected chi connectivity index (χ2v) is 5.80. The van der Waals surface area contributed by atoms with Gasteiger partial charge in [-0.15, -0.1) is 0 Å². The van der Waals surface area contributed by atoms with E-state index in [0.29, 0.717) is 10.5 Å². The molecule has 6 heteroatoms. The molecule has 0 fully saturated rings. The molecule has 0 radical (unpaired) electrons. The first-order chi connectivity index (χ1) is 11.5. The van der Waals surface area contributed by atoms with Gasteiger partial charge in [0.1, 0.15) is 11.5 Å². The minimum absolute atomic E-state index is 0.0833. The number of aromatic amines is 1. The summed E-state index contributed by atoms with van der Waals surface area (Å²) in [4.78, 5) is 25.8. The molecule has 0 saturated heterocycles. The van der Waals surface area contributed by atoms with E-state index in [1.165, 1.54) is 18.2 Å². The Balaban J connectivity index is 0.000000141. The van der Waals surface area contributed by atoms with Crippen LogP contribution < -0.4 is 5.56 Å². The number of rotatable bonds is 0. The minimum atomic E-state index is -0.0833. The molecule has 2 heterocycles. The topological polar surface area (TPSA) is 71.5 Å². The molecule has 2 aromatic carbocycles. The van der Waals surface area contributed by atoms with Gasteiger partial charge in [0.25, 0.3) is 5.56 Å². The van der Waals surface area contributed by atoms with E-state index >= 15 is 0 Å². The molecular formula is C18H15ClN4O. The van der Waals surface area contributed by atoms with E-state index in [9.17, 15) is 4.79 Å². The van der Waals surface area contributed by atoms with Gasteiger partial charge in [-0.3, -0.25) is 4.79 Å². The molecule has 0 bridgehead atoms. The third-order valence-corrected chi connectivity index (χ3v) is 3.84. The SMILES string of the molecule is Cc1ccc2c(=O)[nH]cnc2c1.Cc1ccc2c(Cl)ncnc2c1. The lowest BCUT2D eigenvalue weighted by atomic mass is 10.2. The number of halogens is 1. The standard InChI is InChI=1S/C9H7ClN2.C9H8N2O/c1-6-2-3-7-8(4-6)11-5-12-9(7)10;1-6-2-3-7-8(4-6)10-5-11-9(7)12/h2-5H,1H3;2-5H,1H3,(H,10,11,12). The highest BCUT2D eigenvalue weighted by Gasteiger charge is 1.99. The quantitative estimate of drug-likeness (QED) is 0.495. The predicted octanol–water partition coefficient (Wildman–Crippen LogP) is 3.82. The maximum absolute atomic E-state index is 11.2. The summed E-state index contributed by atoms with van der Waals surface area (Å²) in [7, 11) is 0. The van der Waals surface area contributed by atoms with E-state index in [1.807, 2.05) is 44.2 Å². The number of fused-ring (bicyclic) bond motifs is 2. The molecule has 24 heavy (non-hydrogen) atoms. The van der Waals surface area contributed by atoms with E-state index in [2.05, 4.69) is 19.9 Å². The van der Waals surface area contributed by atoms with Crippen LogP contribution in [0.1, 0.15) is 11.1 Å². The number of aromatic nitrogens is 4. The summed E-state index contributed by atoms with van der Waals surface area (Å²) in [6.45, 7) is 4.00. The van der Waals surface area contributed by atoms with E-state index in [-0.39, 0.29) is 5.56 Å². The van der Waals surface area contributed by atoms with Crippen LogP contribution in [0.4, 0.5) is 0 Å². The molecule has 4 rings (SSSR count). The minimum Gasteiger partial charge on any atom is -0.313 e. The Kier molecular flexibility index (Phi) is 4.53. The predicted molar refractivity (Wildman–Crippen MR) is 96.4 cm³/mol. The Bertz CT molecular complexity index is 1080. The maximum Gasteiger partial charge on any atom is 0.258 e. The van der Waals surface area contributed by atoms with Crippen molar-refractivity contribution >= 4 is 33.4 Å². The fraction of sp³-hybridized carbons (Fsp3) is 0.111. The van der Waals surface area contributed by atoms with E-state index in [4.69, 9.17) is 11.6 Å². The van der Waals surface area contributed by atoms with Crippen molar-refractivity contribution in [2.75, 3.05) is 0 Å². The number of nitrogens with one attached hydrogen (secondary N) is 1. The van der Waals surface area contributed by atoms with Crippen LogP contribution in [0.25, 0.3) is 21.8 Å². The molecule has 1 N–H and O–H groups in total. The van der Waals surface area contributed by atoms with Gasteiger partial charge in [0, 0.05) is 5.39 Å². The van der Waals surface area contributed by atoms with Crippen LogP contribution in [0, 0.1) is 13.8 Å². The largest absolute Gasteiger partial charge is 0.313 e. The third kappa shape index (κ3) is 3.41. The van der Waals surface area contributed by atoms with Crippen molar-refractivity contribution in [3.05, 3.63) is 75.7 Å². The average molecular weight is 339 g/mol. The Morgan fingerprint density at radius 3 is 2.21 bits per heavy atom. The van der Waals surface area contributed by atoms with Gasteiger partial charge in [-0.2, -0.15) is 0 Å². The second-order valence-electron chi connectivity index (χ2n) is 5.44. The molecule has 0 atom stereocenters. The molecule has 0 aliphatic rings. The van der Waals surface area contributed by atoms with Crippen LogP contribution in [0.3, 0.4) is 0 Å². The van der Waals surface area contributed by atoms with Gasteiger partial charge in [0.15, 0.2) is 0 Å². The molecule has 0 aliphatic heterocycles. The lowest BCUT2D eigenvalue weighted by molar-refractivity contribution is 1.17. The Labute approximate surface area is 143 Å². The van der Waals surface area contributed by atoms with Crippen molar-refractivity contribution in [3.8, 4) is 0 Å². The van der Waals surface area contributed by atoms with E-state index in [1.54, 1.807) is 6.07 Å². The van der Waals surface area contributed by atoms with Gasteiger partial charge in [-0.05, 0) is 49.2 Å². The molecule has 0 unspecified atom stereocenters. The average Bonchev–Trinajstić information content (AvgIpc) is 2.55. The summed E-state index contributed by atoms with van der Waals surface area (Å²) >= 11 is 5.86. The number of hydrogen-bond donors (Lipinski definition) is 1. The number of hydrogen-bond acceptors (Lipinski definition) is 4. The Morgan fingerprint density at radius 1 is 0.875 bits per heavy atom. The first kappa shape index (κ1) is 16.1. The fourth-order valence-electron chi connectivity index (χ4n) is 2.31. The van der Waals surface area contributed by atoms with Crippen LogP contribution in [0.5, 0.6) is 0 Å². The zero-order valence-corrected chi connectivity index (χ0v) is 14.0. The summed E-state index contributed by atoms with van der Waals surface area (Å²) in [6, 6.07) is 11.5. The zero-order valence-electron chi connectivity index (χ0n) is 13.2. The third-order valence-electron chi connectivity index (χ3n) is 3.54. The molecule has 120 valence electrons. The fourth-order valence-corrected chi connectivity index (χ4v) is 2.52. The summed E-state index contributed by atoms with van der Waals surface area (Å²) in [5, 5.41) is 2.06. The van der Waals surface area contributed by atoms with Crippen molar-refractivity contribution in [1.82, 2.24) is 19.9 Å². The van der Waals surface area contributed by atoms with Gasteiger partial charge in [-0.25, -0.2) is 15.0 Å². The Hall–Kier alpha value is -2.79. The molecule has 5 nitrogen and oxygen atoms in total. The first-order valence-corrected chi connectivity index (χ1v) is 7.73. The normalized spacial score (nSPS) is 10.5. The highest BCUT2D eigenvalue weighted by molar-refractivity contribution is 6.34. The van der Waals surface area contributed by atoms with Crippen molar-refractivity contribution in [3.63, 3.8) is 0 Å². The van der Waals surface area contributed by atoms with Crippen LogP contribution in [0.2, 0.25) is 5.15 Å². The van der Waals surface area contributed by atoms with Gasteiger partial charge in [-0.1, -0.05) is 23.7 Å². The number of nitrogens with zero attached hydrogens (tertiary/aromatic N) is 3. The number of H-pyrrole nitrogens is 1. The summed E-state index contributed by atoms with van der Waals surface area (Å²) < 4.78 is 0. The van der Waals surface area contributed by atoms with E-state index < -0.39 is 0 Å². The molecular weight excluding hydrogens is 324 g/mol. The Morgan fingerprint density at radius 2 is 1.50 bits per heavy atom. The van der Waals surface area contributed by atoms with Crippen LogP contribution in [0.15, 0.2) is 53.8 Å². The van der Waals surface area contributed by atoms with Crippen molar-refractivity contribution < 1.29 is 0 Å². The summed E-state index contributed by atoms with van der Waals surface area (Å²) in [5.74, 6) is 0. The van der Waals surface area contributed by atoms with Gasteiger partial charge in [0.05, 0.1) is 22.7 Å². The number of aryl methyl sites for hydroxylation is 2.